The van der Waals surface area contributed by atoms with Gasteiger partial charge in [0, 0.05) is 19.5 Å². The standard InChI is InChI=1S/C24H22FN3O3S/c1-14-27-20(22(32-14)16-5-7-17(25)8-6-16)24(30)28-11-9-18(28)13-26-23(29)19-4-2-3-15-10-12-31-21(15)19/h2-8,18H,9-13H2,1H3,(H,26,29). The molecule has 1 saturated heterocycles. The van der Waals surface area contributed by atoms with E-state index in [1.54, 1.807) is 23.1 Å². The number of nitrogens with zero attached hydrogens (tertiary/aromatic N) is 2. The lowest BCUT2D eigenvalue weighted by Gasteiger charge is -2.40. The minimum Gasteiger partial charge on any atom is -0.492 e. The van der Waals surface area contributed by atoms with E-state index in [0.29, 0.717) is 36.7 Å². The molecule has 3 heterocycles. The molecule has 0 radical (unpaired) electrons. The number of benzene rings is 2. The number of hydrogen-bond acceptors (Lipinski definition) is 5. The normalized spacial score (nSPS) is 16.8. The third-order valence-electron chi connectivity index (χ3n) is 5.91. The highest BCUT2D eigenvalue weighted by atomic mass is 32.1. The average molecular weight is 452 g/mol. The molecule has 0 aliphatic carbocycles. The molecule has 164 valence electrons. The van der Waals surface area contributed by atoms with Crippen molar-refractivity contribution < 1.29 is 18.7 Å². The lowest BCUT2D eigenvalue weighted by atomic mass is 10.0. The van der Waals surface area contributed by atoms with Gasteiger partial charge in [0.2, 0.25) is 0 Å². The summed E-state index contributed by atoms with van der Waals surface area (Å²) in [6, 6.07) is 11.6. The number of nitrogens with one attached hydrogen (secondary N) is 1. The molecule has 1 atom stereocenters. The van der Waals surface area contributed by atoms with Crippen LogP contribution >= 0.6 is 11.3 Å². The van der Waals surface area contributed by atoms with E-state index in [-0.39, 0.29) is 23.7 Å². The molecular formula is C24H22FN3O3S. The quantitative estimate of drug-likeness (QED) is 0.640. The Labute approximate surface area is 189 Å². The van der Waals surface area contributed by atoms with Crippen molar-refractivity contribution in [2.24, 2.45) is 0 Å². The fourth-order valence-electron chi connectivity index (χ4n) is 4.13. The maximum Gasteiger partial charge on any atom is 0.274 e. The molecule has 3 aromatic rings. The van der Waals surface area contributed by atoms with E-state index in [1.807, 2.05) is 19.1 Å². The van der Waals surface area contributed by atoms with Gasteiger partial charge < -0.3 is 15.0 Å². The van der Waals surface area contributed by atoms with E-state index in [9.17, 15) is 14.0 Å². The van der Waals surface area contributed by atoms with Crippen LogP contribution in [-0.4, -0.2) is 47.4 Å². The second-order valence-electron chi connectivity index (χ2n) is 7.96. The third kappa shape index (κ3) is 3.75. The molecule has 2 amide bonds. The number of halogens is 1. The number of thiazole rings is 1. The second-order valence-corrected chi connectivity index (χ2v) is 9.16. The largest absolute Gasteiger partial charge is 0.492 e. The first-order valence-electron chi connectivity index (χ1n) is 10.6. The van der Waals surface area contributed by atoms with Gasteiger partial charge in [0.15, 0.2) is 0 Å². The molecule has 1 unspecified atom stereocenters. The molecule has 8 heteroatoms. The van der Waals surface area contributed by atoms with Crippen molar-refractivity contribution in [1.82, 2.24) is 15.2 Å². The molecule has 1 fully saturated rings. The monoisotopic (exact) mass is 451 g/mol. The maximum absolute atomic E-state index is 13.3. The van der Waals surface area contributed by atoms with Crippen molar-refractivity contribution >= 4 is 23.2 Å². The van der Waals surface area contributed by atoms with Gasteiger partial charge in [-0.15, -0.1) is 11.3 Å². The average Bonchev–Trinajstić information content (AvgIpc) is 3.40. The van der Waals surface area contributed by atoms with Crippen molar-refractivity contribution in [3.8, 4) is 16.2 Å². The molecular weight excluding hydrogens is 429 g/mol. The third-order valence-corrected chi connectivity index (χ3v) is 6.93. The fraction of sp³-hybridized carbons (Fsp3) is 0.292. The number of fused-ring (bicyclic) bond motifs is 1. The van der Waals surface area contributed by atoms with Crippen LogP contribution in [-0.2, 0) is 6.42 Å². The molecule has 1 N–H and O–H groups in total. The van der Waals surface area contributed by atoms with Crippen molar-refractivity contribution in [2.75, 3.05) is 19.7 Å². The van der Waals surface area contributed by atoms with Crippen LogP contribution in [0.4, 0.5) is 4.39 Å². The number of likely N-dealkylation sites (tertiary alicyclic amines) is 1. The SMILES string of the molecule is Cc1nc(C(=O)N2CCC2CNC(=O)c2cccc3c2OCC3)c(-c2ccc(F)cc2)s1. The van der Waals surface area contributed by atoms with Crippen LogP contribution in [0.3, 0.4) is 0 Å². The number of aryl methyl sites for hydroxylation is 1. The molecule has 0 spiro atoms. The minimum absolute atomic E-state index is 0.0906. The van der Waals surface area contributed by atoms with Gasteiger partial charge in [0.1, 0.15) is 17.3 Å². The Bertz CT molecular complexity index is 1190. The molecule has 2 aliphatic rings. The molecule has 2 aliphatic heterocycles. The molecule has 2 aromatic carbocycles. The summed E-state index contributed by atoms with van der Waals surface area (Å²) in [5.41, 5.74) is 2.73. The van der Waals surface area contributed by atoms with Crippen LogP contribution in [0.5, 0.6) is 5.75 Å². The summed E-state index contributed by atoms with van der Waals surface area (Å²) in [7, 11) is 0. The van der Waals surface area contributed by atoms with E-state index in [2.05, 4.69) is 10.3 Å². The van der Waals surface area contributed by atoms with Gasteiger partial charge >= 0.3 is 0 Å². The van der Waals surface area contributed by atoms with Crippen molar-refractivity contribution in [1.29, 1.82) is 0 Å². The van der Waals surface area contributed by atoms with E-state index < -0.39 is 0 Å². The van der Waals surface area contributed by atoms with Gasteiger partial charge in [-0.25, -0.2) is 9.37 Å². The van der Waals surface area contributed by atoms with E-state index in [1.165, 1.54) is 23.5 Å². The summed E-state index contributed by atoms with van der Waals surface area (Å²) in [6.07, 6.45) is 1.62. The topological polar surface area (TPSA) is 71.5 Å². The second kappa shape index (κ2) is 8.35. The van der Waals surface area contributed by atoms with Crippen LogP contribution in [0.15, 0.2) is 42.5 Å². The number of amides is 2. The number of hydrogen-bond donors (Lipinski definition) is 1. The van der Waals surface area contributed by atoms with Gasteiger partial charge in [0.05, 0.1) is 28.1 Å². The summed E-state index contributed by atoms with van der Waals surface area (Å²) >= 11 is 1.42. The highest BCUT2D eigenvalue weighted by Gasteiger charge is 2.35. The van der Waals surface area contributed by atoms with Gasteiger partial charge in [-0.2, -0.15) is 0 Å². The van der Waals surface area contributed by atoms with E-state index in [4.69, 9.17) is 4.74 Å². The smallest absolute Gasteiger partial charge is 0.274 e. The summed E-state index contributed by atoms with van der Waals surface area (Å²) < 4.78 is 19.0. The first-order chi connectivity index (χ1) is 15.5. The lowest BCUT2D eigenvalue weighted by molar-refractivity contribution is 0.0451. The number of para-hydroxylation sites is 1. The van der Waals surface area contributed by atoms with Crippen LogP contribution < -0.4 is 10.1 Å². The minimum atomic E-state index is -0.323. The van der Waals surface area contributed by atoms with E-state index in [0.717, 1.165) is 33.9 Å². The summed E-state index contributed by atoms with van der Waals surface area (Å²) in [4.78, 5) is 32.9. The summed E-state index contributed by atoms with van der Waals surface area (Å²) in [5.74, 6) is -0.0213. The summed E-state index contributed by atoms with van der Waals surface area (Å²) in [5, 5.41) is 3.73. The number of aromatic nitrogens is 1. The van der Waals surface area contributed by atoms with Crippen LogP contribution in [0, 0.1) is 12.7 Å². The van der Waals surface area contributed by atoms with E-state index >= 15 is 0 Å². The Hall–Kier alpha value is -3.26. The Morgan fingerprint density at radius 3 is 2.81 bits per heavy atom. The van der Waals surface area contributed by atoms with Crippen LogP contribution in [0.2, 0.25) is 0 Å². The zero-order valence-corrected chi connectivity index (χ0v) is 18.4. The predicted molar refractivity (Wildman–Crippen MR) is 120 cm³/mol. The molecule has 0 bridgehead atoms. The summed E-state index contributed by atoms with van der Waals surface area (Å²) in [6.45, 7) is 3.42. The van der Waals surface area contributed by atoms with Crippen molar-refractivity contribution in [3.05, 3.63) is 70.1 Å². The lowest BCUT2D eigenvalue weighted by Crippen LogP contribution is -2.56. The number of carbonyl (C=O) groups is 2. The maximum atomic E-state index is 13.3. The van der Waals surface area contributed by atoms with Crippen molar-refractivity contribution in [2.45, 2.75) is 25.8 Å². The molecule has 5 rings (SSSR count). The van der Waals surface area contributed by atoms with Gasteiger partial charge in [-0.1, -0.05) is 24.3 Å². The molecule has 32 heavy (non-hydrogen) atoms. The highest BCUT2D eigenvalue weighted by molar-refractivity contribution is 7.15. The Morgan fingerprint density at radius 1 is 1.25 bits per heavy atom. The van der Waals surface area contributed by atoms with Gasteiger partial charge in [0.25, 0.3) is 11.8 Å². The first-order valence-corrected chi connectivity index (χ1v) is 11.4. The van der Waals surface area contributed by atoms with Crippen LogP contribution in [0.25, 0.3) is 10.4 Å². The molecule has 0 saturated carbocycles. The van der Waals surface area contributed by atoms with Gasteiger partial charge in [-0.05, 0) is 42.7 Å². The Morgan fingerprint density at radius 2 is 2.06 bits per heavy atom. The first kappa shape index (κ1) is 20.6. The van der Waals surface area contributed by atoms with Gasteiger partial charge in [-0.3, -0.25) is 9.59 Å². The Kier molecular flexibility index (Phi) is 5.38. The molecule has 1 aromatic heterocycles. The molecule has 6 nitrogen and oxygen atoms in total. The van der Waals surface area contributed by atoms with Crippen LogP contribution in [0.1, 0.15) is 37.8 Å². The van der Waals surface area contributed by atoms with Crippen molar-refractivity contribution in [3.63, 3.8) is 0 Å². The fourth-order valence-corrected chi connectivity index (χ4v) is 5.04. The zero-order valence-electron chi connectivity index (χ0n) is 17.6. The highest BCUT2D eigenvalue weighted by Crippen LogP contribution is 2.33. The number of carbonyl (C=O) groups excluding carboxylic acids is 2. The predicted octanol–water partition coefficient (Wildman–Crippen LogP) is 3.84. The Balaban J connectivity index is 1.28. The zero-order chi connectivity index (χ0) is 22.2. The number of ether oxygens (including phenoxy) is 1. The number of rotatable bonds is 5.